The number of ether oxygens (including phenoxy) is 1. The summed E-state index contributed by atoms with van der Waals surface area (Å²) in [6, 6.07) is 26.4. The maximum atomic E-state index is 12.0. The number of benzene rings is 5. The first-order valence-electron chi connectivity index (χ1n) is 15.4. The number of thiazole rings is 2. The Balaban J connectivity index is 0.000000189. The van der Waals surface area contributed by atoms with Crippen LogP contribution in [-0.4, -0.2) is 34.1 Å². The molecule has 6 nitrogen and oxygen atoms in total. The Morgan fingerprint density at radius 1 is 0.611 bits per heavy atom. The molecular formula is C39H21BrCl6N2O4S2. The van der Waals surface area contributed by atoms with E-state index >= 15 is 0 Å². The molecule has 0 saturated carbocycles. The van der Waals surface area contributed by atoms with Crippen LogP contribution in [0.3, 0.4) is 0 Å². The highest BCUT2D eigenvalue weighted by molar-refractivity contribution is 9.10. The van der Waals surface area contributed by atoms with E-state index in [-0.39, 0.29) is 5.56 Å². The fraction of sp³-hybridized carbons (Fsp3) is 0.0256. The lowest BCUT2D eigenvalue weighted by atomic mass is 9.97. The van der Waals surface area contributed by atoms with Gasteiger partial charge < -0.3 is 9.84 Å². The molecule has 0 atom stereocenters. The molecule has 0 aliphatic heterocycles. The highest BCUT2D eigenvalue weighted by atomic mass is 79.9. The minimum absolute atomic E-state index is 0.114. The van der Waals surface area contributed by atoms with Crippen molar-refractivity contribution in [3.8, 4) is 54.8 Å². The highest BCUT2D eigenvalue weighted by Gasteiger charge is 2.19. The molecule has 272 valence electrons. The fourth-order valence-corrected chi connectivity index (χ4v) is 8.17. The summed E-state index contributed by atoms with van der Waals surface area (Å²) in [4.78, 5) is 33.0. The smallest absolute Gasteiger partial charge is 0.339 e. The van der Waals surface area contributed by atoms with Crippen LogP contribution < -0.4 is 0 Å². The predicted molar refractivity (Wildman–Crippen MR) is 227 cm³/mol. The van der Waals surface area contributed by atoms with Crippen molar-refractivity contribution in [1.82, 2.24) is 9.97 Å². The summed E-state index contributed by atoms with van der Waals surface area (Å²) < 4.78 is 5.47. The molecule has 15 heteroatoms. The summed E-state index contributed by atoms with van der Waals surface area (Å²) in [5, 5.41) is 17.7. The van der Waals surface area contributed by atoms with Crippen LogP contribution in [0.5, 0.6) is 0 Å². The number of methoxy groups -OCH3 is 1. The third-order valence-corrected chi connectivity index (χ3v) is 12.6. The summed E-state index contributed by atoms with van der Waals surface area (Å²) in [7, 11) is 1.35. The van der Waals surface area contributed by atoms with Gasteiger partial charge in [-0.05, 0) is 70.0 Å². The van der Waals surface area contributed by atoms with Gasteiger partial charge in [0.1, 0.15) is 10.0 Å². The Bertz CT molecular complexity index is 2560. The number of nitrogens with zero attached hydrogens (tertiary/aromatic N) is 2. The van der Waals surface area contributed by atoms with Gasteiger partial charge in [0.25, 0.3) is 0 Å². The van der Waals surface area contributed by atoms with Crippen LogP contribution in [-0.2, 0) is 4.74 Å². The zero-order valence-electron chi connectivity index (χ0n) is 27.3. The number of halogens is 7. The molecule has 5 aromatic carbocycles. The summed E-state index contributed by atoms with van der Waals surface area (Å²) in [5.74, 6) is -1.46. The number of carbonyl (C=O) groups is 2. The number of esters is 1. The van der Waals surface area contributed by atoms with Gasteiger partial charge in [0.15, 0.2) is 0 Å². The average molecular weight is 938 g/mol. The van der Waals surface area contributed by atoms with Gasteiger partial charge in [-0.3, -0.25) is 0 Å². The van der Waals surface area contributed by atoms with E-state index in [4.69, 9.17) is 74.3 Å². The second kappa shape index (κ2) is 17.5. The molecule has 0 saturated heterocycles. The van der Waals surface area contributed by atoms with Crippen LogP contribution in [0.1, 0.15) is 20.7 Å². The number of carbonyl (C=O) groups excluding carboxylic acids is 1. The number of rotatable bonds is 7. The minimum atomic E-state index is -1.07. The summed E-state index contributed by atoms with van der Waals surface area (Å²) >= 11 is 42.7. The molecule has 0 spiro atoms. The van der Waals surface area contributed by atoms with Gasteiger partial charge in [0.05, 0.1) is 59.8 Å². The molecule has 0 aliphatic rings. The van der Waals surface area contributed by atoms with Gasteiger partial charge in [0.2, 0.25) is 0 Å². The average Bonchev–Trinajstić information content (AvgIpc) is 3.87. The Hall–Kier alpha value is -3.48. The lowest BCUT2D eigenvalue weighted by molar-refractivity contribution is 0.0598. The van der Waals surface area contributed by atoms with E-state index in [1.165, 1.54) is 29.8 Å². The first kappa shape index (κ1) is 40.2. The third kappa shape index (κ3) is 8.97. The van der Waals surface area contributed by atoms with Gasteiger partial charge in [-0.15, -0.1) is 22.7 Å². The van der Waals surface area contributed by atoms with Crippen molar-refractivity contribution in [2.24, 2.45) is 0 Å². The Morgan fingerprint density at radius 3 is 1.65 bits per heavy atom. The molecule has 2 aromatic heterocycles. The fourth-order valence-electron chi connectivity index (χ4n) is 5.11. The Labute approximate surface area is 356 Å². The second-order valence-corrected chi connectivity index (χ2v) is 16.2. The topological polar surface area (TPSA) is 89.4 Å². The van der Waals surface area contributed by atoms with Crippen LogP contribution in [0.4, 0.5) is 0 Å². The van der Waals surface area contributed by atoms with E-state index in [0.717, 1.165) is 33.1 Å². The summed E-state index contributed by atoms with van der Waals surface area (Å²) in [6.07, 6.45) is 0. The van der Waals surface area contributed by atoms with Crippen LogP contribution in [0.25, 0.3) is 54.8 Å². The van der Waals surface area contributed by atoms with E-state index in [0.29, 0.717) is 61.9 Å². The van der Waals surface area contributed by atoms with Crippen molar-refractivity contribution in [3.05, 3.63) is 147 Å². The van der Waals surface area contributed by atoms with E-state index in [1.54, 1.807) is 60.7 Å². The third-order valence-electron chi connectivity index (χ3n) is 7.80. The van der Waals surface area contributed by atoms with Crippen molar-refractivity contribution < 1.29 is 19.4 Å². The predicted octanol–water partition coefficient (Wildman–Crippen LogP) is 14.8. The second-order valence-electron chi connectivity index (χ2n) is 11.2. The molecule has 0 bridgehead atoms. The van der Waals surface area contributed by atoms with Crippen LogP contribution in [0.2, 0.25) is 30.1 Å². The zero-order chi connectivity index (χ0) is 38.7. The SMILES string of the molecule is COC(=O)c1cc(-c2nc(-c3ccc(Cl)c(Cl)c3)cs2)ccc1Br.O=C(O)c1cc(-c2nc(-c3ccc(Cl)c(Cl)c3)cs2)ccc1-c1cccc(Cl)c1Cl. The molecule has 0 radical (unpaired) electrons. The highest BCUT2D eigenvalue weighted by Crippen LogP contribution is 2.39. The van der Waals surface area contributed by atoms with Gasteiger partial charge >= 0.3 is 11.9 Å². The van der Waals surface area contributed by atoms with Crippen LogP contribution in [0, 0.1) is 0 Å². The zero-order valence-corrected chi connectivity index (χ0v) is 35.1. The molecule has 0 fully saturated rings. The molecule has 2 heterocycles. The monoisotopic (exact) mass is 934 g/mol. The maximum Gasteiger partial charge on any atom is 0.339 e. The number of hydrogen-bond donors (Lipinski definition) is 1. The van der Waals surface area contributed by atoms with Gasteiger partial charge in [-0.1, -0.05) is 112 Å². The van der Waals surface area contributed by atoms with E-state index in [9.17, 15) is 14.7 Å². The summed E-state index contributed by atoms with van der Waals surface area (Å²) in [6.45, 7) is 0. The van der Waals surface area contributed by atoms with Crippen molar-refractivity contribution in [2.75, 3.05) is 7.11 Å². The molecule has 7 rings (SSSR count). The standard InChI is InChI=1S/C22H11Cl4NO2S.C17H10BrCl2NO2S/c23-16-7-5-11(9-18(16)25)19-10-30-21(27-19)12-4-6-13(15(8-12)22(28)29)14-2-1-3-17(24)20(14)26;1-23-17(22)11-6-10(2-4-12(11)18)16-21-15(8-24-16)9-3-5-13(19)14(20)7-9/h1-10H,(H,28,29);2-8H,1H3. The lowest BCUT2D eigenvalue weighted by Gasteiger charge is -2.10. The van der Waals surface area contributed by atoms with Crippen LogP contribution >= 0.6 is 108 Å². The molecule has 0 amide bonds. The van der Waals surface area contributed by atoms with Crippen molar-refractivity contribution in [1.29, 1.82) is 0 Å². The summed E-state index contributed by atoms with van der Waals surface area (Å²) in [5.41, 5.74) is 6.39. The quantitative estimate of drug-likeness (QED) is 0.160. The molecule has 1 N–H and O–H groups in total. The Morgan fingerprint density at radius 2 is 1.13 bits per heavy atom. The van der Waals surface area contributed by atoms with E-state index in [1.807, 2.05) is 41.1 Å². The van der Waals surface area contributed by atoms with E-state index < -0.39 is 11.9 Å². The Kier molecular flexibility index (Phi) is 13.1. The van der Waals surface area contributed by atoms with Gasteiger partial charge in [0, 0.05) is 43.1 Å². The largest absolute Gasteiger partial charge is 0.478 e. The minimum Gasteiger partial charge on any atom is -0.478 e. The molecule has 0 aliphatic carbocycles. The molecule has 54 heavy (non-hydrogen) atoms. The van der Waals surface area contributed by atoms with Crippen molar-refractivity contribution >= 4 is 120 Å². The van der Waals surface area contributed by atoms with Gasteiger partial charge in [-0.25, -0.2) is 19.6 Å². The normalized spacial score (nSPS) is 10.8. The van der Waals surface area contributed by atoms with Crippen LogP contribution in [0.15, 0.2) is 106 Å². The number of aromatic carboxylic acids is 1. The first-order valence-corrected chi connectivity index (χ1v) is 20.2. The molecular weight excluding hydrogens is 917 g/mol. The molecule has 7 aromatic rings. The number of hydrogen-bond acceptors (Lipinski definition) is 7. The number of aromatic nitrogens is 2. The first-order chi connectivity index (χ1) is 25.8. The van der Waals surface area contributed by atoms with Crippen molar-refractivity contribution in [2.45, 2.75) is 0 Å². The van der Waals surface area contributed by atoms with Crippen molar-refractivity contribution in [3.63, 3.8) is 0 Å². The molecule has 0 unspecified atom stereocenters. The lowest BCUT2D eigenvalue weighted by Crippen LogP contribution is -2.02. The number of carboxylic acids is 1. The number of carboxylic acid groups (broad SMARTS) is 1. The maximum absolute atomic E-state index is 12.0. The van der Waals surface area contributed by atoms with Gasteiger partial charge in [-0.2, -0.15) is 0 Å². The van der Waals surface area contributed by atoms with E-state index in [2.05, 4.69) is 25.9 Å².